The molecule has 9 heteroatoms. The summed E-state index contributed by atoms with van der Waals surface area (Å²) in [6.07, 6.45) is 0. The normalized spacial score (nSPS) is 13.4. The van der Waals surface area contributed by atoms with Crippen LogP contribution in [0.2, 0.25) is 0 Å². The van der Waals surface area contributed by atoms with E-state index in [0.717, 1.165) is 22.8 Å². The molecule has 1 aliphatic rings. The van der Waals surface area contributed by atoms with Gasteiger partial charge >= 0.3 is 6.03 Å². The minimum absolute atomic E-state index is 0.163. The molecule has 4 rings (SSSR count). The molecule has 1 saturated heterocycles. The molecule has 0 unspecified atom stereocenters. The number of urea groups is 1. The molecule has 172 valence electrons. The third-order valence-corrected chi connectivity index (χ3v) is 5.51. The maximum Gasteiger partial charge on any atom is 0.321 e. The number of methoxy groups -OCH3 is 3. The quantitative estimate of drug-likeness (QED) is 0.616. The first-order valence-corrected chi connectivity index (χ1v) is 10.6. The summed E-state index contributed by atoms with van der Waals surface area (Å²) in [5.41, 5.74) is 2.35. The van der Waals surface area contributed by atoms with Crippen molar-refractivity contribution in [2.75, 3.05) is 57.7 Å². The number of rotatable bonds is 6. The van der Waals surface area contributed by atoms with Gasteiger partial charge < -0.3 is 29.3 Å². The largest absolute Gasteiger partial charge is 0.497 e. The van der Waals surface area contributed by atoms with E-state index in [1.807, 2.05) is 36.4 Å². The zero-order valence-corrected chi connectivity index (χ0v) is 18.9. The number of nitrogens with zero attached hydrogens (tertiary/aromatic N) is 4. The molecule has 1 aromatic heterocycles. The Morgan fingerprint density at radius 2 is 1.52 bits per heavy atom. The monoisotopic (exact) mass is 449 g/mol. The summed E-state index contributed by atoms with van der Waals surface area (Å²) < 4.78 is 15.8. The molecule has 1 N–H and O–H groups in total. The molecular formula is C24H27N5O4. The average molecular weight is 450 g/mol. The standard InChI is InChI=1S/C24H27N5O4/c1-31-19-6-4-5-17(13-19)22-7-8-23(27-26-22)28-9-11-29(12-10-28)24(30)25-18-14-20(32-2)16-21(15-18)33-3/h4-8,13-16H,9-12H2,1-3H3,(H,25,30). The van der Waals surface area contributed by atoms with Gasteiger partial charge in [-0.15, -0.1) is 10.2 Å². The first-order chi connectivity index (χ1) is 16.1. The van der Waals surface area contributed by atoms with Crippen LogP contribution in [0, 0.1) is 0 Å². The Morgan fingerprint density at radius 1 is 0.818 bits per heavy atom. The second kappa shape index (κ2) is 10.1. The van der Waals surface area contributed by atoms with Gasteiger partial charge in [-0.2, -0.15) is 0 Å². The summed E-state index contributed by atoms with van der Waals surface area (Å²) in [5.74, 6) is 2.80. The highest BCUT2D eigenvalue weighted by Crippen LogP contribution is 2.26. The van der Waals surface area contributed by atoms with Crippen molar-refractivity contribution in [2.45, 2.75) is 0 Å². The van der Waals surface area contributed by atoms with Gasteiger partial charge in [0.2, 0.25) is 0 Å². The van der Waals surface area contributed by atoms with E-state index >= 15 is 0 Å². The fourth-order valence-electron chi connectivity index (χ4n) is 3.65. The van der Waals surface area contributed by atoms with Crippen LogP contribution >= 0.6 is 0 Å². The van der Waals surface area contributed by atoms with Gasteiger partial charge in [-0.05, 0) is 24.3 Å². The summed E-state index contributed by atoms with van der Waals surface area (Å²) in [5, 5.41) is 11.7. The van der Waals surface area contributed by atoms with Gasteiger partial charge in [-0.1, -0.05) is 12.1 Å². The van der Waals surface area contributed by atoms with Gasteiger partial charge in [0, 0.05) is 55.6 Å². The number of aromatic nitrogens is 2. The number of anilines is 2. The van der Waals surface area contributed by atoms with E-state index in [2.05, 4.69) is 20.4 Å². The van der Waals surface area contributed by atoms with Crippen molar-refractivity contribution in [1.82, 2.24) is 15.1 Å². The van der Waals surface area contributed by atoms with Crippen molar-refractivity contribution in [3.05, 3.63) is 54.6 Å². The lowest BCUT2D eigenvalue weighted by Gasteiger charge is -2.35. The highest BCUT2D eigenvalue weighted by molar-refractivity contribution is 5.90. The molecule has 1 aliphatic heterocycles. The molecule has 0 aliphatic carbocycles. The van der Waals surface area contributed by atoms with E-state index in [-0.39, 0.29) is 6.03 Å². The first kappa shape index (κ1) is 22.2. The number of nitrogens with one attached hydrogen (secondary N) is 1. The summed E-state index contributed by atoms with van der Waals surface area (Å²) in [6.45, 7) is 2.49. The van der Waals surface area contributed by atoms with E-state index in [4.69, 9.17) is 14.2 Å². The lowest BCUT2D eigenvalue weighted by molar-refractivity contribution is 0.208. The lowest BCUT2D eigenvalue weighted by Crippen LogP contribution is -2.50. The zero-order valence-electron chi connectivity index (χ0n) is 18.9. The van der Waals surface area contributed by atoms with Crippen molar-refractivity contribution in [3.63, 3.8) is 0 Å². The number of ether oxygens (including phenoxy) is 3. The molecule has 2 heterocycles. The van der Waals surface area contributed by atoms with E-state index in [0.29, 0.717) is 43.4 Å². The highest BCUT2D eigenvalue weighted by atomic mass is 16.5. The Hall–Kier alpha value is -4.01. The van der Waals surface area contributed by atoms with Gasteiger partial charge in [0.05, 0.1) is 27.0 Å². The zero-order chi connectivity index (χ0) is 23.2. The molecule has 0 saturated carbocycles. The Bertz CT molecular complexity index is 1080. The molecule has 0 spiro atoms. The van der Waals surface area contributed by atoms with Crippen LogP contribution in [0.1, 0.15) is 0 Å². The van der Waals surface area contributed by atoms with Crippen LogP contribution in [0.25, 0.3) is 11.3 Å². The number of hydrogen-bond acceptors (Lipinski definition) is 7. The van der Waals surface area contributed by atoms with Crippen LogP contribution in [0.15, 0.2) is 54.6 Å². The third kappa shape index (κ3) is 5.25. The molecule has 0 atom stereocenters. The molecule has 9 nitrogen and oxygen atoms in total. The summed E-state index contributed by atoms with van der Waals surface area (Å²) in [7, 11) is 4.79. The molecule has 33 heavy (non-hydrogen) atoms. The predicted octanol–water partition coefficient (Wildman–Crippen LogP) is 3.52. The number of piperazine rings is 1. The Morgan fingerprint density at radius 3 is 2.12 bits per heavy atom. The number of amides is 2. The predicted molar refractivity (Wildman–Crippen MR) is 126 cm³/mol. The topological polar surface area (TPSA) is 89.1 Å². The molecule has 2 aromatic carbocycles. The maximum absolute atomic E-state index is 12.7. The number of carbonyl (C=O) groups excluding carboxylic acids is 1. The van der Waals surface area contributed by atoms with Gasteiger partial charge in [0.25, 0.3) is 0 Å². The third-order valence-electron chi connectivity index (χ3n) is 5.51. The Balaban J connectivity index is 1.35. The van der Waals surface area contributed by atoms with Crippen molar-refractivity contribution in [2.24, 2.45) is 0 Å². The minimum atomic E-state index is -0.163. The van der Waals surface area contributed by atoms with Gasteiger partial charge in [-0.3, -0.25) is 0 Å². The maximum atomic E-state index is 12.7. The molecule has 1 fully saturated rings. The lowest BCUT2D eigenvalue weighted by atomic mass is 10.1. The van der Waals surface area contributed by atoms with E-state index in [9.17, 15) is 4.79 Å². The van der Waals surface area contributed by atoms with Crippen molar-refractivity contribution in [1.29, 1.82) is 0 Å². The second-order valence-corrected chi connectivity index (χ2v) is 7.51. The minimum Gasteiger partial charge on any atom is -0.497 e. The van der Waals surface area contributed by atoms with E-state index < -0.39 is 0 Å². The Kier molecular flexibility index (Phi) is 6.77. The van der Waals surface area contributed by atoms with Crippen LogP contribution in [0.5, 0.6) is 17.2 Å². The van der Waals surface area contributed by atoms with Gasteiger partial charge in [0.15, 0.2) is 5.82 Å². The number of hydrogen-bond donors (Lipinski definition) is 1. The van der Waals surface area contributed by atoms with Crippen molar-refractivity contribution in [3.8, 4) is 28.5 Å². The van der Waals surface area contributed by atoms with Crippen LogP contribution < -0.4 is 24.4 Å². The molecule has 0 radical (unpaired) electrons. The van der Waals surface area contributed by atoms with Crippen LogP contribution in [-0.4, -0.2) is 68.6 Å². The van der Waals surface area contributed by atoms with E-state index in [1.165, 1.54) is 0 Å². The van der Waals surface area contributed by atoms with Crippen molar-refractivity contribution >= 4 is 17.5 Å². The molecular weight excluding hydrogens is 422 g/mol. The fraction of sp³-hybridized carbons (Fsp3) is 0.292. The molecule has 0 bridgehead atoms. The van der Waals surface area contributed by atoms with Crippen molar-refractivity contribution < 1.29 is 19.0 Å². The SMILES string of the molecule is COc1cc(NC(=O)N2CCN(c3ccc(-c4cccc(OC)c4)nn3)CC2)cc(OC)c1. The second-order valence-electron chi connectivity index (χ2n) is 7.51. The smallest absolute Gasteiger partial charge is 0.321 e. The van der Waals surface area contributed by atoms with Gasteiger partial charge in [0.1, 0.15) is 17.2 Å². The molecule has 3 aromatic rings. The first-order valence-electron chi connectivity index (χ1n) is 10.6. The number of benzene rings is 2. The van der Waals surface area contributed by atoms with E-state index in [1.54, 1.807) is 44.4 Å². The average Bonchev–Trinajstić information content (AvgIpc) is 2.88. The van der Waals surface area contributed by atoms with Crippen LogP contribution in [-0.2, 0) is 0 Å². The van der Waals surface area contributed by atoms with Gasteiger partial charge in [-0.25, -0.2) is 4.79 Å². The Labute approximate surface area is 192 Å². The summed E-state index contributed by atoms with van der Waals surface area (Å²) in [4.78, 5) is 16.6. The molecule has 2 amide bonds. The summed E-state index contributed by atoms with van der Waals surface area (Å²) >= 11 is 0. The summed E-state index contributed by atoms with van der Waals surface area (Å²) in [6, 6.07) is 16.7. The van der Waals surface area contributed by atoms with Crippen LogP contribution in [0.4, 0.5) is 16.3 Å². The fourth-order valence-corrected chi connectivity index (χ4v) is 3.65. The van der Waals surface area contributed by atoms with Crippen LogP contribution in [0.3, 0.4) is 0 Å². The number of carbonyl (C=O) groups is 1. The highest BCUT2D eigenvalue weighted by Gasteiger charge is 2.22.